The fourth-order valence-electron chi connectivity index (χ4n) is 2.27. The summed E-state index contributed by atoms with van der Waals surface area (Å²) in [5, 5.41) is 6.83. The highest BCUT2D eigenvalue weighted by atomic mass is 16.5. The van der Waals surface area contributed by atoms with E-state index in [1.807, 2.05) is 0 Å². The van der Waals surface area contributed by atoms with Crippen molar-refractivity contribution in [3.05, 3.63) is 17.5 Å². The number of likely N-dealkylation sites (N-methyl/N-ethyl adjacent to an activating group) is 1. The first-order chi connectivity index (χ1) is 8.22. The number of rotatable bonds is 3. The molecule has 0 bridgehead atoms. The number of nitrogens with zero attached hydrogens (tertiary/aromatic N) is 2. The van der Waals surface area contributed by atoms with Gasteiger partial charge in [0, 0.05) is 24.6 Å². The van der Waals surface area contributed by atoms with E-state index in [-0.39, 0.29) is 11.9 Å². The third-order valence-corrected chi connectivity index (χ3v) is 3.47. The zero-order chi connectivity index (χ0) is 11.8. The van der Waals surface area contributed by atoms with E-state index in [0.717, 1.165) is 38.1 Å². The molecular formula is C12H17N3O2. The molecule has 2 heterocycles. The fourth-order valence-corrected chi connectivity index (χ4v) is 2.27. The van der Waals surface area contributed by atoms with Crippen molar-refractivity contribution in [2.75, 3.05) is 20.1 Å². The Morgan fingerprint density at radius 1 is 1.53 bits per heavy atom. The fraction of sp³-hybridized carbons (Fsp3) is 0.667. The lowest BCUT2D eigenvalue weighted by Crippen LogP contribution is -2.36. The molecule has 1 amide bonds. The average Bonchev–Trinajstić information content (AvgIpc) is 2.88. The maximum Gasteiger partial charge on any atom is 0.273 e. The van der Waals surface area contributed by atoms with Gasteiger partial charge in [-0.1, -0.05) is 5.16 Å². The predicted molar refractivity (Wildman–Crippen MR) is 61.8 cm³/mol. The molecule has 5 heteroatoms. The quantitative estimate of drug-likeness (QED) is 0.848. The van der Waals surface area contributed by atoms with Crippen molar-refractivity contribution in [2.45, 2.75) is 31.2 Å². The van der Waals surface area contributed by atoms with Crippen LogP contribution in [0, 0.1) is 0 Å². The van der Waals surface area contributed by atoms with Crippen LogP contribution in [0.2, 0.25) is 0 Å². The molecule has 1 saturated carbocycles. The summed E-state index contributed by atoms with van der Waals surface area (Å²) in [5.74, 6) is 1.25. The van der Waals surface area contributed by atoms with Gasteiger partial charge in [0.15, 0.2) is 5.69 Å². The Kier molecular flexibility index (Phi) is 2.63. The molecule has 0 radical (unpaired) electrons. The number of carbonyl (C=O) groups excluding carboxylic acids is 1. The van der Waals surface area contributed by atoms with Gasteiger partial charge < -0.3 is 14.7 Å². The highest BCUT2D eigenvalue weighted by Gasteiger charge is 2.29. The topological polar surface area (TPSA) is 58.4 Å². The molecule has 0 spiro atoms. The van der Waals surface area contributed by atoms with Crippen LogP contribution in [0.1, 0.15) is 41.4 Å². The molecule has 92 valence electrons. The van der Waals surface area contributed by atoms with Gasteiger partial charge in [0.25, 0.3) is 5.91 Å². The minimum Gasteiger partial charge on any atom is -0.360 e. The van der Waals surface area contributed by atoms with Crippen molar-refractivity contribution in [1.29, 1.82) is 0 Å². The van der Waals surface area contributed by atoms with Crippen LogP contribution in [-0.2, 0) is 0 Å². The van der Waals surface area contributed by atoms with Crippen LogP contribution in [0.25, 0.3) is 0 Å². The molecule has 1 aliphatic carbocycles. The Bertz CT molecular complexity index is 425. The van der Waals surface area contributed by atoms with Crippen LogP contribution >= 0.6 is 0 Å². The standard InChI is InChI=1S/C12H17N3O2/c1-15-5-4-9(7-15)13-12(16)10-6-11(17-14-10)8-2-3-8/h6,8-9H,2-5,7H2,1H3,(H,13,16)/t9-/m0/s1. The minimum atomic E-state index is -0.110. The van der Waals surface area contributed by atoms with Crippen molar-refractivity contribution in [3.63, 3.8) is 0 Å². The summed E-state index contributed by atoms with van der Waals surface area (Å²) >= 11 is 0. The van der Waals surface area contributed by atoms with Crippen molar-refractivity contribution >= 4 is 5.91 Å². The number of aromatic nitrogens is 1. The third-order valence-electron chi connectivity index (χ3n) is 3.47. The lowest BCUT2D eigenvalue weighted by Gasteiger charge is -2.11. The molecule has 1 atom stereocenters. The summed E-state index contributed by atoms with van der Waals surface area (Å²) in [6.45, 7) is 1.95. The maximum atomic E-state index is 11.9. The predicted octanol–water partition coefficient (Wildman–Crippen LogP) is 0.986. The van der Waals surface area contributed by atoms with Gasteiger partial charge in [0.2, 0.25) is 0 Å². The zero-order valence-electron chi connectivity index (χ0n) is 9.98. The normalized spacial score (nSPS) is 25.1. The first kappa shape index (κ1) is 10.8. The first-order valence-corrected chi connectivity index (χ1v) is 6.18. The van der Waals surface area contributed by atoms with Crippen molar-refractivity contribution < 1.29 is 9.32 Å². The molecule has 0 unspecified atom stereocenters. The molecular weight excluding hydrogens is 218 g/mol. The summed E-state index contributed by atoms with van der Waals surface area (Å²) < 4.78 is 5.17. The summed E-state index contributed by atoms with van der Waals surface area (Å²) in [6, 6.07) is 2.03. The lowest BCUT2D eigenvalue weighted by molar-refractivity contribution is 0.0929. The molecule has 17 heavy (non-hydrogen) atoms. The summed E-state index contributed by atoms with van der Waals surface area (Å²) in [7, 11) is 2.06. The van der Waals surface area contributed by atoms with Crippen LogP contribution in [0.5, 0.6) is 0 Å². The molecule has 2 fully saturated rings. The SMILES string of the molecule is CN1CC[C@H](NC(=O)c2cc(C3CC3)on2)C1. The Labute approximate surface area is 100 Å². The maximum absolute atomic E-state index is 11.9. The number of nitrogens with one attached hydrogen (secondary N) is 1. The second-order valence-electron chi connectivity index (χ2n) is 5.11. The van der Waals surface area contributed by atoms with Gasteiger partial charge >= 0.3 is 0 Å². The highest BCUT2D eigenvalue weighted by Crippen LogP contribution is 2.40. The molecule has 1 aromatic rings. The molecule has 5 nitrogen and oxygen atoms in total. The third kappa shape index (κ3) is 2.34. The van der Waals surface area contributed by atoms with E-state index in [9.17, 15) is 4.79 Å². The van der Waals surface area contributed by atoms with E-state index in [4.69, 9.17) is 4.52 Å². The largest absolute Gasteiger partial charge is 0.360 e. The number of hydrogen-bond donors (Lipinski definition) is 1. The first-order valence-electron chi connectivity index (χ1n) is 6.18. The van der Waals surface area contributed by atoms with Gasteiger partial charge in [-0.25, -0.2) is 0 Å². The second kappa shape index (κ2) is 4.14. The van der Waals surface area contributed by atoms with Gasteiger partial charge in [0.1, 0.15) is 5.76 Å². The summed E-state index contributed by atoms with van der Waals surface area (Å²) in [5.41, 5.74) is 0.418. The Hall–Kier alpha value is -1.36. The summed E-state index contributed by atoms with van der Waals surface area (Å²) in [6.07, 6.45) is 3.32. The Balaban J connectivity index is 1.60. The van der Waals surface area contributed by atoms with Crippen LogP contribution in [0.15, 0.2) is 10.6 Å². The van der Waals surface area contributed by atoms with Crippen LogP contribution in [0.3, 0.4) is 0 Å². The number of likely N-dealkylation sites (tertiary alicyclic amines) is 1. The molecule has 1 N–H and O–H groups in total. The van der Waals surface area contributed by atoms with E-state index in [2.05, 4.69) is 22.4 Å². The van der Waals surface area contributed by atoms with E-state index in [1.54, 1.807) is 6.07 Å². The molecule has 2 aliphatic rings. The van der Waals surface area contributed by atoms with E-state index in [1.165, 1.54) is 0 Å². The van der Waals surface area contributed by atoms with Crippen molar-refractivity contribution in [1.82, 2.24) is 15.4 Å². The Morgan fingerprint density at radius 2 is 2.35 bits per heavy atom. The summed E-state index contributed by atoms with van der Waals surface area (Å²) in [4.78, 5) is 14.1. The number of hydrogen-bond acceptors (Lipinski definition) is 4. The number of amides is 1. The monoisotopic (exact) mass is 235 g/mol. The van der Waals surface area contributed by atoms with Crippen LogP contribution in [0.4, 0.5) is 0 Å². The van der Waals surface area contributed by atoms with Gasteiger partial charge in [-0.15, -0.1) is 0 Å². The van der Waals surface area contributed by atoms with Crippen LogP contribution in [-0.4, -0.2) is 42.1 Å². The number of carbonyl (C=O) groups is 1. The highest BCUT2D eigenvalue weighted by molar-refractivity contribution is 5.92. The van der Waals surface area contributed by atoms with E-state index in [0.29, 0.717) is 11.6 Å². The van der Waals surface area contributed by atoms with Gasteiger partial charge in [-0.3, -0.25) is 4.79 Å². The van der Waals surface area contributed by atoms with E-state index < -0.39 is 0 Å². The molecule has 1 saturated heterocycles. The zero-order valence-corrected chi connectivity index (χ0v) is 9.98. The van der Waals surface area contributed by atoms with Gasteiger partial charge in [-0.05, 0) is 32.9 Å². The van der Waals surface area contributed by atoms with Gasteiger partial charge in [-0.2, -0.15) is 0 Å². The van der Waals surface area contributed by atoms with E-state index >= 15 is 0 Å². The van der Waals surface area contributed by atoms with Crippen molar-refractivity contribution in [2.24, 2.45) is 0 Å². The smallest absolute Gasteiger partial charge is 0.273 e. The molecule has 1 aromatic heterocycles. The van der Waals surface area contributed by atoms with Crippen LogP contribution < -0.4 is 5.32 Å². The minimum absolute atomic E-state index is 0.110. The lowest BCUT2D eigenvalue weighted by atomic mass is 10.2. The molecule has 0 aromatic carbocycles. The molecule has 1 aliphatic heterocycles. The van der Waals surface area contributed by atoms with Crippen molar-refractivity contribution in [3.8, 4) is 0 Å². The Morgan fingerprint density at radius 3 is 3.00 bits per heavy atom. The average molecular weight is 235 g/mol. The second-order valence-corrected chi connectivity index (χ2v) is 5.11. The van der Waals surface area contributed by atoms with Gasteiger partial charge in [0.05, 0.1) is 0 Å². The molecule has 3 rings (SSSR count).